The van der Waals surface area contributed by atoms with Crippen molar-refractivity contribution in [2.75, 3.05) is 6.54 Å². The number of hydrogen-bond donors (Lipinski definition) is 2. The summed E-state index contributed by atoms with van der Waals surface area (Å²) >= 11 is 0. The number of rotatable bonds is 4. The number of nitrogens with zero attached hydrogens (tertiary/aromatic N) is 1. The van der Waals surface area contributed by atoms with Crippen LogP contribution in [0.25, 0.3) is 0 Å². The van der Waals surface area contributed by atoms with Crippen LogP contribution in [0.3, 0.4) is 0 Å². The molecule has 1 aromatic rings. The van der Waals surface area contributed by atoms with Gasteiger partial charge in [-0.1, -0.05) is 20.8 Å². The van der Waals surface area contributed by atoms with E-state index >= 15 is 0 Å². The van der Waals surface area contributed by atoms with Crippen LogP contribution in [0.5, 0.6) is 0 Å². The predicted molar refractivity (Wildman–Crippen MR) is 69.0 cm³/mol. The molecule has 92 valence electrons. The minimum atomic E-state index is 0. The van der Waals surface area contributed by atoms with Gasteiger partial charge in [0.15, 0.2) is 0 Å². The summed E-state index contributed by atoms with van der Waals surface area (Å²) in [4.78, 5) is 0. The Morgan fingerprint density at radius 2 is 2.12 bits per heavy atom. The molecule has 1 fully saturated rings. The topological polar surface area (TPSA) is 40.7 Å². The van der Waals surface area contributed by atoms with Crippen molar-refractivity contribution in [3.05, 3.63) is 17.5 Å². The first kappa shape index (κ1) is 13.5. The highest BCUT2D eigenvalue weighted by molar-refractivity contribution is 5.85. The first-order valence-electron chi connectivity index (χ1n) is 5.81. The molecule has 1 aliphatic carbocycles. The van der Waals surface area contributed by atoms with Crippen LogP contribution in [0.2, 0.25) is 0 Å². The number of hydrogen-bond acceptors (Lipinski definition) is 2. The zero-order valence-electron chi connectivity index (χ0n) is 10.3. The molecule has 0 amide bonds. The number of H-pyrrole nitrogens is 1. The van der Waals surface area contributed by atoms with E-state index in [0.29, 0.717) is 0 Å². The van der Waals surface area contributed by atoms with E-state index in [1.807, 2.05) is 6.20 Å². The van der Waals surface area contributed by atoms with Gasteiger partial charge in [0, 0.05) is 23.2 Å². The Bertz CT molecular complexity index is 323. The smallest absolute Gasteiger partial charge is 0.0535 e. The van der Waals surface area contributed by atoms with Crippen molar-refractivity contribution < 1.29 is 0 Å². The lowest BCUT2D eigenvalue weighted by Crippen LogP contribution is -2.20. The maximum absolute atomic E-state index is 4.14. The first-order valence-corrected chi connectivity index (χ1v) is 5.81. The highest BCUT2D eigenvalue weighted by Gasteiger charge is 2.22. The highest BCUT2D eigenvalue weighted by atomic mass is 35.5. The Morgan fingerprint density at radius 3 is 2.69 bits per heavy atom. The SMILES string of the molecule is CC(C)(C)c1[nH]ncc1CNCC1CC1.Cl. The lowest BCUT2D eigenvalue weighted by molar-refractivity contribution is 0.551. The van der Waals surface area contributed by atoms with E-state index in [1.54, 1.807) is 0 Å². The summed E-state index contributed by atoms with van der Waals surface area (Å²) in [7, 11) is 0. The van der Waals surface area contributed by atoms with Crippen LogP contribution in [0.15, 0.2) is 6.20 Å². The van der Waals surface area contributed by atoms with E-state index in [9.17, 15) is 0 Å². The summed E-state index contributed by atoms with van der Waals surface area (Å²) in [6.45, 7) is 8.75. The summed E-state index contributed by atoms with van der Waals surface area (Å²) in [6, 6.07) is 0. The standard InChI is InChI=1S/C12H21N3.ClH/c1-12(2,3)11-10(8-14-15-11)7-13-6-9-4-5-9;/h8-9,13H,4-7H2,1-3H3,(H,14,15);1H. The molecule has 4 heteroatoms. The molecule has 2 N–H and O–H groups in total. The van der Waals surface area contributed by atoms with Gasteiger partial charge in [-0.2, -0.15) is 5.10 Å². The maximum Gasteiger partial charge on any atom is 0.0535 e. The summed E-state index contributed by atoms with van der Waals surface area (Å²) in [5.41, 5.74) is 2.72. The second-order valence-corrected chi connectivity index (χ2v) is 5.59. The largest absolute Gasteiger partial charge is 0.312 e. The molecule has 1 heterocycles. The van der Waals surface area contributed by atoms with Crippen molar-refractivity contribution in [3.8, 4) is 0 Å². The van der Waals surface area contributed by atoms with Gasteiger partial charge < -0.3 is 5.32 Å². The summed E-state index contributed by atoms with van der Waals surface area (Å²) < 4.78 is 0. The highest BCUT2D eigenvalue weighted by Crippen LogP contribution is 2.28. The molecule has 0 aromatic carbocycles. The third-order valence-corrected chi connectivity index (χ3v) is 2.91. The van der Waals surface area contributed by atoms with Crippen LogP contribution < -0.4 is 5.32 Å². The van der Waals surface area contributed by atoms with Gasteiger partial charge in [-0.25, -0.2) is 0 Å². The molecule has 0 radical (unpaired) electrons. The zero-order valence-corrected chi connectivity index (χ0v) is 11.2. The Balaban J connectivity index is 0.00000128. The molecule has 0 bridgehead atoms. The van der Waals surface area contributed by atoms with Crippen LogP contribution >= 0.6 is 12.4 Å². The second kappa shape index (κ2) is 5.19. The van der Waals surface area contributed by atoms with E-state index in [2.05, 4.69) is 36.3 Å². The van der Waals surface area contributed by atoms with Crippen molar-refractivity contribution >= 4 is 12.4 Å². The van der Waals surface area contributed by atoms with E-state index in [0.717, 1.165) is 19.0 Å². The quantitative estimate of drug-likeness (QED) is 0.854. The van der Waals surface area contributed by atoms with Crippen molar-refractivity contribution in [3.63, 3.8) is 0 Å². The number of nitrogens with one attached hydrogen (secondary N) is 2. The number of halogens is 1. The molecule has 3 nitrogen and oxygen atoms in total. The van der Waals surface area contributed by atoms with Gasteiger partial charge in [0.2, 0.25) is 0 Å². The van der Waals surface area contributed by atoms with E-state index in [4.69, 9.17) is 0 Å². The molecule has 1 aromatic heterocycles. The van der Waals surface area contributed by atoms with Crippen molar-refractivity contribution in [2.45, 2.75) is 45.6 Å². The summed E-state index contributed by atoms with van der Waals surface area (Å²) in [5, 5.41) is 10.7. The second-order valence-electron chi connectivity index (χ2n) is 5.59. The van der Waals surface area contributed by atoms with Crippen LogP contribution in [0, 0.1) is 5.92 Å². The van der Waals surface area contributed by atoms with Crippen LogP contribution in [0.4, 0.5) is 0 Å². The lowest BCUT2D eigenvalue weighted by Gasteiger charge is -2.18. The Hall–Kier alpha value is -0.540. The van der Waals surface area contributed by atoms with Gasteiger partial charge in [0.1, 0.15) is 0 Å². The normalized spacial score (nSPS) is 15.9. The van der Waals surface area contributed by atoms with Crippen molar-refractivity contribution in [1.82, 2.24) is 15.5 Å². The molecule has 0 saturated heterocycles. The van der Waals surface area contributed by atoms with Crippen LogP contribution in [-0.4, -0.2) is 16.7 Å². The fourth-order valence-electron chi connectivity index (χ4n) is 1.83. The third kappa shape index (κ3) is 3.49. The van der Waals surface area contributed by atoms with Crippen LogP contribution in [-0.2, 0) is 12.0 Å². The van der Waals surface area contributed by atoms with E-state index in [-0.39, 0.29) is 17.8 Å². The molecule has 1 aliphatic rings. The Labute approximate surface area is 104 Å². The molecule has 0 aliphatic heterocycles. The minimum Gasteiger partial charge on any atom is -0.312 e. The summed E-state index contributed by atoms with van der Waals surface area (Å²) in [6.07, 6.45) is 4.76. The van der Waals surface area contributed by atoms with Gasteiger partial charge in [-0.15, -0.1) is 12.4 Å². The molecule has 0 spiro atoms. The molecule has 2 rings (SSSR count). The lowest BCUT2D eigenvalue weighted by atomic mass is 9.89. The minimum absolute atomic E-state index is 0. The molecule has 1 saturated carbocycles. The Morgan fingerprint density at radius 1 is 1.44 bits per heavy atom. The molecular weight excluding hydrogens is 222 g/mol. The molecular formula is C12H22ClN3. The Kier molecular flexibility index (Phi) is 4.39. The van der Waals surface area contributed by atoms with Crippen LogP contribution in [0.1, 0.15) is 44.9 Å². The molecule has 0 unspecified atom stereocenters. The number of aromatic amines is 1. The van der Waals surface area contributed by atoms with E-state index < -0.39 is 0 Å². The average Bonchev–Trinajstić information content (AvgIpc) is 2.80. The predicted octanol–water partition coefficient (Wildman–Crippen LogP) is 2.63. The number of aromatic nitrogens is 2. The van der Waals surface area contributed by atoms with Crippen molar-refractivity contribution in [2.24, 2.45) is 5.92 Å². The van der Waals surface area contributed by atoms with Gasteiger partial charge in [-0.3, -0.25) is 5.10 Å². The molecule has 0 atom stereocenters. The first-order chi connectivity index (χ1) is 7.07. The van der Waals surface area contributed by atoms with Gasteiger partial charge >= 0.3 is 0 Å². The van der Waals surface area contributed by atoms with E-state index in [1.165, 1.54) is 24.1 Å². The fraction of sp³-hybridized carbons (Fsp3) is 0.750. The van der Waals surface area contributed by atoms with Gasteiger partial charge in [-0.05, 0) is 25.3 Å². The van der Waals surface area contributed by atoms with Gasteiger partial charge in [0.05, 0.1) is 6.20 Å². The molecule has 16 heavy (non-hydrogen) atoms. The van der Waals surface area contributed by atoms with Gasteiger partial charge in [0.25, 0.3) is 0 Å². The average molecular weight is 244 g/mol. The maximum atomic E-state index is 4.14. The monoisotopic (exact) mass is 243 g/mol. The summed E-state index contributed by atoms with van der Waals surface area (Å²) in [5.74, 6) is 0.940. The third-order valence-electron chi connectivity index (χ3n) is 2.91. The fourth-order valence-corrected chi connectivity index (χ4v) is 1.83. The zero-order chi connectivity index (χ0) is 10.9. The van der Waals surface area contributed by atoms with Crippen molar-refractivity contribution in [1.29, 1.82) is 0 Å².